The minimum absolute atomic E-state index is 0. The summed E-state index contributed by atoms with van der Waals surface area (Å²) in [5, 5.41) is 16.3. The Balaban J connectivity index is -0.0000000339. The Morgan fingerprint density at radius 3 is 1.27 bits per heavy atom. The predicted molar refractivity (Wildman–Crippen MR) is 31.1 cm³/mol. The summed E-state index contributed by atoms with van der Waals surface area (Å²) in [7, 11) is 0. The van der Waals surface area contributed by atoms with E-state index in [0.29, 0.717) is 0 Å². The third-order valence-corrected chi connectivity index (χ3v) is 0. The summed E-state index contributed by atoms with van der Waals surface area (Å²) in [6.07, 6.45) is 0. The van der Waals surface area contributed by atoms with E-state index >= 15 is 0 Å². The van der Waals surface area contributed by atoms with Crippen molar-refractivity contribution in [2.24, 2.45) is 0 Å². The minimum Gasteiger partial charge on any atom is -0.550 e. The van der Waals surface area contributed by atoms with Gasteiger partial charge in [0, 0.05) is 12.9 Å². The van der Waals surface area contributed by atoms with Crippen LogP contribution >= 0.6 is 0 Å². The number of hydrogen-bond donors (Lipinski definition) is 1. The maximum Gasteiger partial charge on any atom is 1.00 e. The molecule has 0 aromatic heterocycles. The second kappa shape index (κ2) is 22.5. The van der Waals surface area contributed by atoms with E-state index in [2.05, 4.69) is 0 Å². The van der Waals surface area contributed by atoms with Gasteiger partial charge in [-0.15, -0.1) is 0 Å². The zero-order valence-corrected chi connectivity index (χ0v) is 9.91. The SMILES string of the molecule is C=O.CC(=O)O.CC(=O)[O-].[K+]. The van der Waals surface area contributed by atoms with E-state index in [4.69, 9.17) is 24.6 Å². The Hall–Kier alpha value is 0.246. The molecule has 5 nitrogen and oxygen atoms in total. The van der Waals surface area contributed by atoms with Gasteiger partial charge >= 0.3 is 51.4 Å². The Bertz CT molecular complexity index is 83.0. The molecule has 0 saturated carbocycles. The number of carboxylic acid groups (broad SMARTS) is 2. The van der Waals surface area contributed by atoms with Crippen molar-refractivity contribution in [1.29, 1.82) is 0 Å². The zero-order chi connectivity index (χ0) is 9.15. The van der Waals surface area contributed by atoms with Gasteiger partial charge in [-0.2, -0.15) is 0 Å². The Morgan fingerprint density at radius 1 is 1.27 bits per heavy atom. The average molecular weight is 188 g/mol. The molecule has 0 spiro atoms. The van der Waals surface area contributed by atoms with Crippen LogP contribution in [0.25, 0.3) is 0 Å². The molecule has 0 atom stereocenters. The third-order valence-electron chi connectivity index (χ3n) is 0. The smallest absolute Gasteiger partial charge is 0.550 e. The molecule has 6 heteroatoms. The molecule has 0 amide bonds. The molecule has 60 valence electrons. The number of carbonyl (C=O) groups is 3. The second-order valence-electron chi connectivity index (χ2n) is 1.01. The summed E-state index contributed by atoms with van der Waals surface area (Å²) in [6.45, 7) is 4.06. The largest absolute Gasteiger partial charge is 1.00 e. The Kier molecular flexibility index (Phi) is 45.9. The van der Waals surface area contributed by atoms with Crippen molar-refractivity contribution >= 4 is 18.7 Å². The van der Waals surface area contributed by atoms with E-state index in [9.17, 15) is 0 Å². The van der Waals surface area contributed by atoms with Crippen LogP contribution in [0.5, 0.6) is 0 Å². The molecule has 1 N–H and O–H groups in total. The first-order chi connectivity index (χ1) is 4.46. The van der Waals surface area contributed by atoms with Crippen LogP contribution in [-0.4, -0.2) is 23.8 Å². The van der Waals surface area contributed by atoms with Crippen molar-refractivity contribution in [3.05, 3.63) is 0 Å². The molecule has 0 rings (SSSR count). The van der Waals surface area contributed by atoms with Gasteiger partial charge in [0.25, 0.3) is 5.97 Å². The van der Waals surface area contributed by atoms with Crippen molar-refractivity contribution < 1.29 is 76.0 Å². The maximum absolute atomic E-state index is 9.00. The first kappa shape index (κ1) is 22.5. The number of rotatable bonds is 0. The summed E-state index contributed by atoms with van der Waals surface area (Å²) in [5.74, 6) is -1.92. The van der Waals surface area contributed by atoms with Crippen LogP contribution in [0.1, 0.15) is 13.8 Å². The van der Waals surface area contributed by atoms with E-state index < -0.39 is 11.9 Å². The molecular formula is C5H9KO5. The van der Waals surface area contributed by atoms with Crippen LogP contribution < -0.4 is 56.5 Å². The monoisotopic (exact) mass is 188 g/mol. The quantitative estimate of drug-likeness (QED) is 0.388. The molecule has 0 aliphatic heterocycles. The predicted octanol–water partition coefficient (Wildman–Crippen LogP) is -4.33. The van der Waals surface area contributed by atoms with Crippen LogP contribution in [0, 0.1) is 0 Å². The molecule has 0 aliphatic carbocycles. The normalized spacial score (nSPS) is 4.91. The topological polar surface area (TPSA) is 94.5 Å². The molecule has 0 aromatic rings. The van der Waals surface area contributed by atoms with Crippen LogP contribution in [-0.2, 0) is 14.4 Å². The molecule has 0 unspecified atom stereocenters. The molecule has 0 fully saturated rings. The summed E-state index contributed by atoms with van der Waals surface area (Å²) in [6, 6.07) is 0. The molecule has 0 radical (unpaired) electrons. The molecule has 0 bridgehead atoms. The third kappa shape index (κ3) is 11500. The van der Waals surface area contributed by atoms with Gasteiger partial charge in [-0.25, -0.2) is 0 Å². The van der Waals surface area contributed by atoms with Crippen molar-refractivity contribution in [3.63, 3.8) is 0 Å². The van der Waals surface area contributed by atoms with Crippen LogP contribution in [0.4, 0.5) is 0 Å². The standard InChI is InChI=1S/2C2H4O2.CH2O.K/c2*1-2(3)4;1-2;/h2*1H3,(H,3,4);1H2;/q;;;+1/p-1. The van der Waals surface area contributed by atoms with Gasteiger partial charge in [0.2, 0.25) is 0 Å². The molecule has 0 saturated heterocycles. The van der Waals surface area contributed by atoms with Gasteiger partial charge < -0.3 is 19.8 Å². The van der Waals surface area contributed by atoms with Crippen molar-refractivity contribution in [2.45, 2.75) is 13.8 Å². The van der Waals surface area contributed by atoms with Crippen molar-refractivity contribution in [1.82, 2.24) is 0 Å². The minimum atomic E-state index is -1.08. The Morgan fingerprint density at radius 2 is 1.27 bits per heavy atom. The number of hydrogen-bond acceptors (Lipinski definition) is 4. The first-order valence-corrected chi connectivity index (χ1v) is 2.12. The molecule has 11 heavy (non-hydrogen) atoms. The second-order valence-corrected chi connectivity index (χ2v) is 1.01. The molecular weight excluding hydrogens is 179 g/mol. The van der Waals surface area contributed by atoms with Gasteiger partial charge in [0.15, 0.2) is 0 Å². The van der Waals surface area contributed by atoms with Crippen molar-refractivity contribution in [3.8, 4) is 0 Å². The summed E-state index contributed by atoms with van der Waals surface area (Å²) < 4.78 is 0. The average Bonchev–Trinajstić information content (AvgIpc) is 1.66. The van der Waals surface area contributed by atoms with E-state index in [0.717, 1.165) is 13.8 Å². The van der Waals surface area contributed by atoms with E-state index in [-0.39, 0.29) is 51.4 Å². The molecule has 0 aliphatic rings. The molecule has 0 heterocycles. The summed E-state index contributed by atoms with van der Waals surface area (Å²) >= 11 is 0. The fraction of sp³-hybridized carbons (Fsp3) is 0.400. The van der Waals surface area contributed by atoms with Crippen LogP contribution in [0.2, 0.25) is 0 Å². The fourth-order valence-corrected chi connectivity index (χ4v) is 0. The number of carbonyl (C=O) groups excluding carboxylic acids is 2. The maximum atomic E-state index is 9.00. The van der Waals surface area contributed by atoms with E-state index in [1.54, 1.807) is 0 Å². The van der Waals surface area contributed by atoms with Crippen LogP contribution in [0.3, 0.4) is 0 Å². The van der Waals surface area contributed by atoms with Gasteiger partial charge in [0.1, 0.15) is 6.79 Å². The van der Waals surface area contributed by atoms with Gasteiger partial charge in [-0.3, -0.25) is 4.79 Å². The van der Waals surface area contributed by atoms with Crippen molar-refractivity contribution in [2.75, 3.05) is 0 Å². The first-order valence-electron chi connectivity index (χ1n) is 2.12. The van der Waals surface area contributed by atoms with E-state index in [1.165, 1.54) is 0 Å². The Labute approximate surface area is 107 Å². The number of carboxylic acids is 2. The van der Waals surface area contributed by atoms with E-state index in [1.807, 2.05) is 6.79 Å². The summed E-state index contributed by atoms with van der Waals surface area (Å²) in [4.78, 5) is 25.9. The van der Waals surface area contributed by atoms with Gasteiger partial charge in [-0.05, 0) is 6.92 Å². The number of aliphatic carboxylic acids is 2. The van der Waals surface area contributed by atoms with Gasteiger partial charge in [0.05, 0.1) is 0 Å². The summed E-state index contributed by atoms with van der Waals surface area (Å²) in [5.41, 5.74) is 0. The van der Waals surface area contributed by atoms with Crippen LogP contribution in [0.15, 0.2) is 0 Å². The molecule has 0 aromatic carbocycles. The van der Waals surface area contributed by atoms with Gasteiger partial charge in [-0.1, -0.05) is 0 Å². The fourth-order valence-electron chi connectivity index (χ4n) is 0. The zero-order valence-electron chi connectivity index (χ0n) is 6.79.